The van der Waals surface area contributed by atoms with Crippen LogP contribution < -0.4 is 16.4 Å². The summed E-state index contributed by atoms with van der Waals surface area (Å²) in [4.78, 5) is 36.2. The minimum atomic E-state index is -1.53. The quantitative estimate of drug-likeness (QED) is 0.742. The van der Waals surface area contributed by atoms with Crippen molar-refractivity contribution in [2.45, 2.75) is 65.2 Å². The Bertz CT molecular complexity index is 719. The maximum atomic E-state index is 12.1. The number of nitrogens with two attached hydrogens (primary N) is 1. The van der Waals surface area contributed by atoms with Gasteiger partial charge in [-0.2, -0.15) is 0 Å². The standard InChI is InChI=1S/C19H29N3O5/c1-17(2,3)26-15(24)21-13-10-8-9-12(11-13)19(7,14(20)23)22-16(25)27-18(4,5)6/h8-11H,1-7H3,(H2,20,23)(H,21,24)(H,22,25)/t19-/m1/s1. The van der Waals surface area contributed by atoms with E-state index in [2.05, 4.69) is 10.6 Å². The lowest BCUT2D eigenvalue weighted by molar-refractivity contribution is -0.124. The number of anilines is 1. The predicted octanol–water partition coefficient (Wildman–Crippen LogP) is 3.26. The second-order valence-electron chi connectivity index (χ2n) is 8.32. The summed E-state index contributed by atoms with van der Waals surface area (Å²) in [6.07, 6.45) is -1.42. The van der Waals surface area contributed by atoms with Gasteiger partial charge in [0.2, 0.25) is 5.91 Å². The van der Waals surface area contributed by atoms with Crippen molar-refractivity contribution in [1.82, 2.24) is 5.32 Å². The molecule has 1 atom stereocenters. The highest BCUT2D eigenvalue weighted by molar-refractivity contribution is 5.90. The van der Waals surface area contributed by atoms with Crippen LogP contribution in [0.5, 0.6) is 0 Å². The first-order chi connectivity index (χ1) is 12.1. The van der Waals surface area contributed by atoms with Crippen LogP contribution in [0.25, 0.3) is 0 Å². The Hall–Kier alpha value is -2.77. The van der Waals surface area contributed by atoms with Gasteiger partial charge in [0.25, 0.3) is 0 Å². The van der Waals surface area contributed by atoms with Crippen LogP contribution in [0.1, 0.15) is 54.0 Å². The van der Waals surface area contributed by atoms with Gasteiger partial charge < -0.3 is 20.5 Å². The van der Waals surface area contributed by atoms with E-state index in [9.17, 15) is 14.4 Å². The van der Waals surface area contributed by atoms with Gasteiger partial charge in [-0.05, 0) is 66.2 Å². The van der Waals surface area contributed by atoms with Crippen molar-refractivity contribution >= 4 is 23.8 Å². The molecule has 8 nitrogen and oxygen atoms in total. The molecule has 8 heteroatoms. The fourth-order valence-electron chi connectivity index (χ4n) is 2.11. The molecule has 1 aromatic carbocycles. The molecule has 0 spiro atoms. The molecule has 0 saturated heterocycles. The summed E-state index contributed by atoms with van der Waals surface area (Å²) in [5.41, 5.74) is 3.38. The van der Waals surface area contributed by atoms with Crippen molar-refractivity contribution in [2.24, 2.45) is 5.73 Å². The number of hydrogen-bond acceptors (Lipinski definition) is 5. The molecule has 0 aliphatic carbocycles. The van der Waals surface area contributed by atoms with Crippen LogP contribution in [-0.4, -0.2) is 29.3 Å². The van der Waals surface area contributed by atoms with Crippen molar-refractivity contribution in [1.29, 1.82) is 0 Å². The number of amides is 3. The van der Waals surface area contributed by atoms with Gasteiger partial charge in [0.05, 0.1) is 0 Å². The molecule has 0 aliphatic rings. The zero-order valence-corrected chi connectivity index (χ0v) is 16.9. The lowest BCUT2D eigenvalue weighted by atomic mass is 9.91. The average Bonchev–Trinajstić information content (AvgIpc) is 2.42. The highest BCUT2D eigenvalue weighted by atomic mass is 16.6. The van der Waals surface area contributed by atoms with Crippen molar-refractivity contribution in [3.8, 4) is 0 Å². The second-order valence-corrected chi connectivity index (χ2v) is 8.32. The Morgan fingerprint density at radius 2 is 1.41 bits per heavy atom. The van der Waals surface area contributed by atoms with Crippen LogP contribution in [-0.2, 0) is 19.8 Å². The normalized spacial score (nSPS) is 13.9. The Balaban J connectivity index is 3.07. The highest BCUT2D eigenvalue weighted by Gasteiger charge is 2.36. The van der Waals surface area contributed by atoms with Gasteiger partial charge >= 0.3 is 12.2 Å². The Morgan fingerprint density at radius 3 is 1.89 bits per heavy atom. The molecule has 0 unspecified atom stereocenters. The van der Waals surface area contributed by atoms with Gasteiger partial charge in [-0.3, -0.25) is 10.1 Å². The number of hydrogen-bond donors (Lipinski definition) is 3. The summed E-state index contributed by atoms with van der Waals surface area (Å²) in [7, 11) is 0. The SMILES string of the molecule is CC(C)(C)OC(=O)Nc1cccc([C@@](C)(NC(=O)OC(C)(C)C)C(N)=O)c1. The average molecular weight is 379 g/mol. The first kappa shape index (κ1) is 22.3. The Kier molecular flexibility index (Phi) is 6.48. The molecule has 4 N–H and O–H groups in total. The van der Waals surface area contributed by atoms with E-state index in [0.717, 1.165) is 0 Å². The number of nitrogens with one attached hydrogen (secondary N) is 2. The Morgan fingerprint density at radius 1 is 0.889 bits per heavy atom. The molecule has 1 aromatic rings. The molecule has 1 rings (SSSR count). The molecule has 0 aromatic heterocycles. The van der Waals surface area contributed by atoms with Crippen LogP contribution in [0.3, 0.4) is 0 Å². The van der Waals surface area contributed by atoms with Crippen LogP contribution in [0, 0.1) is 0 Å². The van der Waals surface area contributed by atoms with Crippen molar-refractivity contribution in [2.75, 3.05) is 5.32 Å². The number of primary amides is 1. The lowest BCUT2D eigenvalue weighted by Gasteiger charge is -2.30. The number of benzene rings is 1. The van der Waals surface area contributed by atoms with Crippen molar-refractivity contribution < 1.29 is 23.9 Å². The van der Waals surface area contributed by atoms with E-state index in [0.29, 0.717) is 11.3 Å². The topological polar surface area (TPSA) is 120 Å². The monoisotopic (exact) mass is 379 g/mol. The van der Waals surface area contributed by atoms with E-state index < -0.39 is 34.8 Å². The maximum absolute atomic E-state index is 12.1. The first-order valence-corrected chi connectivity index (χ1v) is 8.54. The van der Waals surface area contributed by atoms with Gasteiger partial charge in [-0.25, -0.2) is 9.59 Å². The molecule has 0 heterocycles. The summed E-state index contributed by atoms with van der Waals surface area (Å²) in [6, 6.07) is 6.40. The molecule has 0 bridgehead atoms. The smallest absolute Gasteiger partial charge is 0.412 e. The zero-order valence-electron chi connectivity index (χ0n) is 16.9. The number of rotatable bonds is 4. The summed E-state index contributed by atoms with van der Waals surface area (Å²) in [6.45, 7) is 11.8. The van der Waals surface area contributed by atoms with Crippen molar-refractivity contribution in [3.05, 3.63) is 29.8 Å². The number of carbonyl (C=O) groups is 3. The first-order valence-electron chi connectivity index (χ1n) is 8.54. The molecular formula is C19H29N3O5. The predicted molar refractivity (Wildman–Crippen MR) is 102 cm³/mol. The molecule has 27 heavy (non-hydrogen) atoms. The van der Waals surface area contributed by atoms with E-state index in [-0.39, 0.29) is 0 Å². The molecule has 0 aliphatic heterocycles. The van der Waals surface area contributed by atoms with E-state index in [1.54, 1.807) is 59.7 Å². The van der Waals surface area contributed by atoms with Gasteiger partial charge in [0.15, 0.2) is 0 Å². The fourth-order valence-corrected chi connectivity index (χ4v) is 2.11. The van der Waals surface area contributed by atoms with Crippen LogP contribution >= 0.6 is 0 Å². The minimum absolute atomic E-state index is 0.384. The minimum Gasteiger partial charge on any atom is -0.444 e. The van der Waals surface area contributed by atoms with Gasteiger partial charge in [-0.15, -0.1) is 0 Å². The highest BCUT2D eigenvalue weighted by Crippen LogP contribution is 2.25. The zero-order chi connectivity index (χ0) is 21.0. The van der Waals surface area contributed by atoms with Gasteiger partial charge in [0.1, 0.15) is 16.7 Å². The second kappa shape index (κ2) is 7.85. The van der Waals surface area contributed by atoms with Crippen LogP contribution in [0.4, 0.5) is 15.3 Å². The van der Waals surface area contributed by atoms with E-state index in [1.807, 2.05) is 0 Å². The maximum Gasteiger partial charge on any atom is 0.412 e. The Labute approximate surface area is 159 Å². The van der Waals surface area contributed by atoms with Crippen LogP contribution in [0.2, 0.25) is 0 Å². The molecule has 0 saturated carbocycles. The molecule has 0 radical (unpaired) electrons. The number of ether oxygens (including phenoxy) is 2. The molecule has 0 fully saturated rings. The lowest BCUT2D eigenvalue weighted by Crippen LogP contribution is -2.53. The van der Waals surface area contributed by atoms with E-state index in [4.69, 9.17) is 15.2 Å². The third-order valence-corrected chi connectivity index (χ3v) is 3.33. The number of carbonyl (C=O) groups excluding carboxylic acids is 3. The summed E-state index contributed by atoms with van der Waals surface area (Å²) >= 11 is 0. The van der Waals surface area contributed by atoms with Gasteiger partial charge in [0, 0.05) is 5.69 Å². The third-order valence-electron chi connectivity index (χ3n) is 3.33. The van der Waals surface area contributed by atoms with Crippen molar-refractivity contribution in [3.63, 3.8) is 0 Å². The summed E-state index contributed by atoms with van der Waals surface area (Å²) in [5.74, 6) is -0.775. The van der Waals surface area contributed by atoms with Gasteiger partial charge in [-0.1, -0.05) is 12.1 Å². The van der Waals surface area contributed by atoms with E-state index >= 15 is 0 Å². The molecule has 3 amide bonds. The largest absolute Gasteiger partial charge is 0.444 e. The summed E-state index contributed by atoms with van der Waals surface area (Å²) < 4.78 is 10.4. The molecule has 150 valence electrons. The summed E-state index contributed by atoms with van der Waals surface area (Å²) in [5, 5.41) is 5.09. The number of alkyl carbamates (subject to hydrolysis) is 1. The fraction of sp³-hybridized carbons (Fsp3) is 0.526. The molecular weight excluding hydrogens is 350 g/mol. The van der Waals surface area contributed by atoms with Crippen LogP contribution in [0.15, 0.2) is 24.3 Å². The third kappa shape index (κ3) is 7.16. The van der Waals surface area contributed by atoms with E-state index in [1.165, 1.54) is 13.0 Å².